The van der Waals surface area contributed by atoms with E-state index in [4.69, 9.17) is 0 Å². The van der Waals surface area contributed by atoms with E-state index in [9.17, 15) is 9.59 Å². The number of fused-ring (bicyclic) bond motifs is 1. The van der Waals surface area contributed by atoms with Crippen LogP contribution in [-0.2, 0) is 20.0 Å². The van der Waals surface area contributed by atoms with Gasteiger partial charge in [-0.3, -0.25) is 9.48 Å². The molecule has 1 aromatic heterocycles. The number of amides is 3. The van der Waals surface area contributed by atoms with Gasteiger partial charge in [-0.1, -0.05) is 22.0 Å². The molecule has 0 bridgehead atoms. The standard InChI is InChI=1S/C20H24BrN5O2/c1-24-17-8-11-26(20(28)22-15-7-5-6-14(21)12-15)13-16(17)18(23-24)19(27)25-9-3-2-4-10-25/h5-7,12H,2-4,8-11,13H2,1H3,(H,22,28). The number of carbonyl (C=O) groups is 2. The van der Waals surface area contributed by atoms with Crippen LogP contribution in [0.15, 0.2) is 28.7 Å². The van der Waals surface area contributed by atoms with Gasteiger partial charge in [0.2, 0.25) is 0 Å². The monoisotopic (exact) mass is 445 g/mol. The number of nitrogens with one attached hydrogen (secondary N) is 1. The molecule has 2 aliphatic heterocycles. The SMILES string of the molecule is Cn1nc(C(=O)N2CCCCC2)c2c1CCN(C(=O)Nc1cccc(Br)c1)C2. The van der Waals surface area contributed by atoms with Gasteiger partial charge in [0, 0.05) is 54.5 Å². The summed E-state index contributed by atoms with van der Waals surface area (Å²) < 4.78 is 2.71. The average molecular weight is 446 g/mol. The van der Waals surface area contributed by atoms with Crippen molar-refractivity contribution in [1.82, 2.24) is 19.6 Å². The summed E-state index contributed by atoms with van der Waals surface area (Å²) in [6.07, 6.45) is 3.95. The molecule has 148 valence electrons. The highest BCUT2D eigenvalue weighted by Crippen LogP contribution is 2.25. The number of aromatic nitrogens is 2. The van der Waals surface area contributed by atoms with Crippen LogP contribution in [0.5, 0.6) is 0 Å². The Kier molecular flexibility index (Phi) is 5.39. The molecule has 2 aliphatic rings. The Balaban J connectivity index is 1.52. The minimum Gasteiger partial charge on any atom is -0.337 e. The lowest BCUT2D eigenvalue weighted by Crippen LogP contribution is -2.40. The Morgan fingerprint density at radius 3 is 2.64 bits per heavy atom. The Labute approximate surface area is 172 Å². The Hall–Kier alpha value is -2.35. The molecule has 0 spiro atoms. The summed E-state index contributed by atoms with van der Waals surface area (Å²) in [6.45, 7) is 2.58. The number of nitrogens with zero attached hydrogens (tertiary/aromatic N) is 4. The summed E-state index contributed by atoms with van der Waals surface area (Å²) in [5, 5.41) is 7.45. The fourth-order valence-electron chi connectivity index (χ4n) is 3.95. The maximum absolute atomic E-state index is 13.0. The lowest BCUT2D eigenvalue weighted by Gasteiger charge is -2.29. The lowest BCUT2D eigenvalue weighted by molar-refractivity contribution is 0.0715. The van der Waals surface area contributed by atoms with Crippen molar-refractivity contribution in [3.8, 4) is 0 Å². The zero-order valence-corrected chi connectivity index (χ0v) is 17.5. The van der Waals surface area contributed by atoms with Crippen LogP contribution >= 0.6 is 15.9 Å². The van der Waals surface area contributed by atoms with Crippen molar-refractivity contribution in [3.63, 3.8) is 0 Å². The molecule has 8 heteroatoms. The first-order chi connectivity index (χ1) is 13.5. The molecule has 2 aromatic rings. The topological polar surface area (TPSA) is 70.5 Å². The van der Waals surface area contributed by atoms with Gasteiger partial charge >= 0.3 is 6.03 Å². The minimum absolute atomic E-state index is 0.00852. The molecule has 7 nitrogen and oxygen atoms in total. The number of carbonyl (C=O) groups excluding carboxylic acids is 2. The summed E-state index contributed by atoms with van der Waals surface area (Å²) in [4.78, 5) is 29.4. The van der Waals surface area contributed by atoms with Gasteiger partial charge in [-0.25, -0.2) is 4.79 Å². The van der Waals surface area contributed by atoms with E-state index >= 15 is 0 Å². The van der Waals surface area contributed by atoms with Crippen LogP contribution < -0.4 is 5.32 Å². The van der Waals surface area contributed by atoms with Crippen molar-refractivity contribution < 1.29 is 9.59 Å². The third-order valence-electron chi connectivity index (χ3n) is 5.45. The maximum atomic E-state index is 13.0. The molecule has 1 fully saturated rings. The number of likely N-dealkylation sites (tertiary alicyclic amines) is 1. The zero-order chi connectivity index (χ0) is 19.7. The molecular formula is C20H24BrN5O2. The summed E-state index contributed by atoms with van der Waals surface area (Å²) in [7, 11) is 1.88. The highest BCUT2D eigenvalue weighted by Gasteiger charge is 2.31. The van der Waals surface area contributed by atoms with Gasteiger partial charge in [-0.2, -0.15) is 5.10 Å². The molecule has 0 unspecified atom stereocenters. The number of aryl methyl sites for hydroxylation is 1. The quantitative estimate of drug-likeness (QED) is 0.769. The Bertz CT molecular complexity index is 904. The van der Waals surface area contributed by atoms with E-state index in [-0.39, 0.29) is 11.9 Å². The smallest absolute Gasteiger partial charge is 0.322 e. The largest absolute Gasteiger partial charge is 0.337 e. The van der Waals surface area contributed by atoms with Crippen molar-refractivity contribution in [2.75, 3.05) is 25.0 Å². The molecule has 1 aromatic carbocycles. The molecular weight excluding hydrogens is 422 g/mol. The molecule has 3 heterocycles. The maximum Gasteiger partial charge on any atom is 0.322 e. The second kappa shape index (κ2) is 7.95. The third-order valence-corrected chi connectivity index (χ3v) is 5.94. The molecule has 28 heavy (non-hydrogen) atoms. The van der Waals surface area contributed by atoms with Crippen molar-refractivity contribution in [2.24, 2.45) is 7.05 Å². The zero-order valence-electron chi connectivity index (χ0n) is 15.9. The summed E-state index contributed by atoms with van der Waals surface area (Å²) in [5.74, 6) is -0.00852. The van der Waals surface area contributed by atoms with Crippen LogP contribution in [0.4, 0.5) is 10.5 Å². The second-order valence-electron chi connectivity index (χ2n) is 7.36. The first-order valence-corrected chi connectivity index (χ1v) is 10.5. The molecule has 0 atom stereocenters. The molecule has 1 N–H and O–H groups in total. The van der Waals surface area contributed by atoms with Crippen molar-refractivity contribution in [2.45, 2.75) is 32.2 Å². The van der Waals surface area contributed by atoms with E-state index in [2.05, 4.69) is 26.3 Å². The predicted octanol–water partition coefficient (Wildman–Crippen LogP) is 3.40. The molecule has 0 saturated carbocycles. The number of hydrogen-bond donors (Lipinski definition) is 1. The number of anilines is 1. The molecule has 1 saturated heterocycles. The fourth-order valence-corrected chi connectivity index (χ4v) is 4.35. The summed E-state index contributed by atoms with van der Waals surface area (Å²) >= 11 is 3.42. The summed E-state index contributed by atoms with van der Waals surface area (Å²) in [5.41, 5.74) is 3.17. The van der Waals surface area contributed by atoms with E-state index < -0.39 is 0 Å². The number of piperidine rings is 1. The third kappa shape index (κ3) is 3.78. The van der Waals surface area contributed by atoms with Crippen molar-refractivity contribution in [1.29, 1.82) is 0 Å². The first-order valence-electron chi connectivity index (χ1n) is 9.68. The Morgan fingerprint density at radius 1 is 1.11 bits per heavy atom. The average Bonchev–Trinajstić information content (AvgIpc) is 3.04. The van der Waals surface area contributed by atoms with Gasteiger partial charge in [0.15, 0.2) is 5.69 Å². The van der Waals surface area contributed by atoms with Crippen LogP contribution in [0.2, 0.25) is 0 Å². The van der Waals surface area contributed by atoms with Gasteiger partial charge < -0.3 is 15.1 Å². The van der Waals surface area contributed by atoms with Crippen LogP contribution in [0, 0.1) is 0 Å². The highest BCUT2D eigenvalue weighted by molar-refractivity contribution is 9.10. The van der Waals surface area contributed by atoms with Crippen LogP contribution in [-0.4, -0.2) is 51.2 Å². The second-order valence-corrected chi connectivity index (χ2v) is 8.28. The first kappa shape index (κ1) is 19.0. The molecule has 0 aliphatic carbocycles. The molecule has 0 radical (unpaired) electrons. The van der Waals surface area contributed by atoms with Gasteiger partial charge in [-0.05, 0) is 37.5 Å². The van der Waals surface area contributed by atoms with Crippen LogP contribution in [0.25, 0.3) is 0 Å². The van der Waals surface area contributed by atoms with Crippen LogP contribution in [0.3, 0.4) is 0 Å². The van der Waals surface area contributed by atoms with E-state index in [1.165, 1.54) is 6.42 Å². The van der Waals surface area contributed by atoms with E-state index in [0.29, 0.717) is 25.2 Å². The molecule has 4 rings (SSSR count). The van der Waals surface area contributed by atoms with Gasteiger partial charge in [0.05, 0.1) is 6.54 Å². The summed E-state index contributed by atoms with van der Waals surface area (Å²) in [6, 6.07) is 7.35. The van der Waals surface area contributed by atoms with E-state index in [1.807, 2.05) is 36.2 Å². The minimum atomic E-state index is -0.163. The fraction of sp³-hybridized carbons (Fsp3) is 0.450. The number of halogens is 1. The van der Waals surface area contributed by atoms with Crippen LogP contribution in [0.1, 0.15) is 41.0 Å². The van der Waals surface area contributed by atoms with E-state index in [0.717, 1.165) is 47.3 Å². The van der Waals surface area contributed by atoms with E-state index in [1.54, 1.807) is 9.58 Å². The van der Waals surface area contributed by atoms with Gasteiger partial charge in [0.25, 0.3) is 5.91 Å². The lowest BCUT2D eigenvalue weighted by atomic mass is 10.0. The Morgan fingerprint density at radius 2 is 1.89 bits per heavy atom. The highest BCUT2D eigenvalue weighted by atomic mass is 79.9. The van der Waals surface area contributed by atoms with Crippen molar-refractivity contribution >= 4 is 33.6 Å². The van der Waals surface area contributed by atoms with Gasteiger partial charge in [0.1, 0.15) is 0 Å². The number of urea groups is 1. The normalized spacial score (nSPS) is 16.6. The number of rotatable bonds is 2. The number of hydrogen-bond acceptors (Lipinski definition) is 3. The number of benzene rings is 1. The predicted molar refractivity (Wildman–Crippen MR) is 110 cm³/mol. The molecule has 3 amide bonds. The van der Waals surface area contributed by atoms with Crippen molar-refractivity contribution in [3.05, 3.63) is 45.7 Å². The van der Waals surface area contributed by atoms with Gasteiger partial charge in [-0.15, -0.1) is 0 Å².